The van der Waals surface area contributed by atoms with Crippen LogP contribution in [0.15, 0.2) is 60.7 Å². The van der Waals surface area contributed by atoms with E-state index < -0.39 is 6.03 Å². The molecule has 0 aliphatic rings. The number of amides is 3. The van der Waals surface area contributed by atoms with Gasteiger partial charge in [0.15, 0.2) is 0 Å². The predicted molar refractivity (Wildman–Crippen MR) is 126 cm³/mol. The molecule has 0 aliphatic carbocycles. The topological polar surface area (TPSA) is 90.1 Å². The van der Waals surface area contributed by atoms with Gasteiger partial charge in [0.1, 0.15) is 5.82 Å². The van der Waals surface area contributed by atoms with Crippen LogP contribution in [0.25, 0.3) is 11.3 Å². The van der Waals surface area contributed by atoms with Crippen LogP contribution in [0.3, 0.4) is 0 Å². The third kappa shape index (κ3) is 8.07. The maximum Gasteiger partial charge on any atom is 0.315 e. The lowest BCUT2D eigenvalue weighted by Crippen LogP contribution is -2.42. The Morgan fingerprint density at radius 2 is 1.76 bits per heavy atom. The number of unbranched alkanes of at least 4 members (excludes halogenated alkanes) is 2. The zero-order valence-corrected chi connectivity index (χ0v) is 18.8. The normalized spacial score (nSPS) is 10.6. The van der Waals surface area contributed by atoms with Crippen LogP contribution < -0.4 is 10.6 Å². The van der Waals surface area contributed by atoms with Crippen LogP contribution in [0.4, 0.5) is 9.18 Å². The van der Waals surface area contributed by atoms with Crippen molar-refractivity contribution in [3.05, 3.63) is 77.7 Å². The molecule has 8 heteroatoms. The van der Waals surface area contributed by atoms with Gasteiger partial charge in [-0.3, -0.25) is 9.89 Å². The minimum Gasteiger partial charge on any atom is -0.344 e. The van der Waals surface area contributed by atoms with Crippen LogP contribution in [-0.4, -0.2) is 47.2 Å². The fourth-order valence-electron chi connectivity index (χ4n) is 3.35. The van der Waals surface area contributed by atoms with Crippen molar-refractivity contribution in [2.45, 2.75) is 32.2 Å². The lowest BCUT2D eigenvalue weighted by Gasteiger charge is -2.17. The Morgan fingerprint density at radius 1 is 1.00 bits per heavy atom. The van der Waals surface area contributed by atoms with Gasteiger partial charge < -0.3 is 15.5 Å². The Bertz CT molecular complexity index is 1020. The number of likely N-dealkylation sites (N-methyl/N-ethyl adjacent to an activating group) is 1. The molecule has 3 rings (SSSR count). The first-order valence-electron chi connectivity index (χ1n) is 11.1. The van der Waals surface area contributed by atoms with E-state index in [2.05, 4.69) is 26.9 Å². The summed E-state index contributed by atoms with van der Waals surface area (Å²) in [6.07, 6.45) is 3.79. The van der Waals surface area contributed by atoms with E-state index in [9.17, 15) is 14.0 Å². The van der Waals surface area contributed by atoms with Crippen LogP contribution in [0, 0.1) is 5.82 Å². The van der Waals surface area contributed by atoms with Crippen LogP contribution in [-0.2, 0) is 17.8 Å². The molecule has 7 nitrogen and oxygen atoms in total. The third-order valence-corrected chi connectivity index (χ3v) is 5.33. The van der Waals surface area contributed by atoms with Crippen LogP contribution in [0.1, 0.15) is 30.5 Å². The molecule has 0 unspecified atom stereocenters. The van der Waals surface area contributed by atoms with Crippen LogP contribution in [0.2, 0.25) is 0 Å². The summed E-state index contributed by atoms with van der Waals surface area (Å²) in [5.74, 6) is -0.469. The van der Waals surface area contributed by atoms with Crippen LogP contribution in [0.5, 0.6) is 0 Å². The molecule has 0 fully saturated rings. The minimum absolute atomic E-state index is 0.0673. The molecule has 174 valence electrons. The van der Waals surface area contributed by atoms with E-state index in [1.165, 1.54) is 12.1 Å². The van der Waals surface area contributed by atoms with Gasteiger partial charge in [-0.1, -0.05) is 48.9 Å². The number of aromatic nitrogens is 2. The SMILES string of the molecule is CN(CCCCCc1cc(-c2ccccc2)n[nH]1)C(=O)CNC(=O)NCc1ccc(F)cc1. The van der Waals surface area contributed by atoms with E-state index in [1.807, 2.05) is 30.3 Å². The number of carbonyl (C=O) groups excluding carboxylic acids is 2. The van der Waals surface area contributed by atoms with Crippen molar-refractivity contribution in [3.63, 3.8) is 0 Å². The minimum atomic E-state index is -0.435. The standard InChI is InChI=1S/C25H30FN5O2/c1-31(24(32)18-28-25(33)27-17-19-11-13-21(26)14-12-19)15-7-3-6-10-22-16-23(30-29-22)20-8-4-2-5-9-20/h2,4-5,8-9,11-14,16H,3,6-7,10,15,17-18H2,1H3,(H,29,30)(H2,27,28,33). The van der Waals surface area contributed by atoms with Gasteiger partial charge in [-0.25, -0.2) is 9.18 Å². The number of rotatable bonds is 11. The molecule has 3 N–H and O–H groups in total. The van der Waals surface area contributed by atoms with E-state index in [4.69, 9.17) is 0 Å². The Labute approximate surface area is 193 Å². The molecule has 0 spiro atoms. The lowest BCUT2D eigenvalue weighted by molar-refractivity contribution is -0.128. The van der Waals surface area contributed by atoms with Gasteiger partial charge in [0.25, 0.3) is 0 Å². The highest BCUT2D eigenvalue weighted by atomic mass is 19.1. The van der Waals surface area contributed by atoms with Crippen molar-refractivity contribution in [3.8, 4) is 11.3 Å². The fraction of sp³-hybridized carbons (Fsp3) is 0.320. The third-order valence-electron chi connectivity index (χ3n) is 5.33. The molecule has 0 bridgehead atoms. The molecule has 0 saturated carbocycles. The van der Waals surface area contributed by atoms with Gasteiger partial charge in [-0.15, -0.1) is 0 Å². The molecule has 0 radical (unpaired) electrons. The van der Waals surface area contributed by atoms with Crippen molar-refractivity contribution >= 4 is 11.9 Å². The summed E-state index contributed by atoms with van der Waals surface area (Å²) in [5, 5.41) is 12.7. The largest absolute Gasteiger partial charge is 0.344 e. The number of carbonyl (C=O) groups is 2. The highest BCUT2D eigenvalue weighted by Gasteiger charge is 2.10. The number of nitrogens with one attached hydrogen (secondary N) is 3. The number of aryl methyl sites for hydroxylation is 1. The Morgan fingerprint density at radius 3 is 2.52 bits per heavy atom. The van der Waals surface area contributed by atoms with Crippen LogP contribution >= 0.6 is 0 Å². The van der Waals surface area contributed by atoms with Crippen molar-refractivity contribution in [2.75, 3.05) is 20.1 Å². The van der Waals surface area contributed by atoms with Crippen molar-refractivity contribution in [1.82, 2.24) is 25.7 Å². The quantitative estimate of drug-likeness (QED) is 0.387. The first-order valence-corrected chi connectivity index (χ1v) is 11.1. The second kappa shape index (κ2) is 12.4. The second-order valence-electron chi connectivity index (χ2n) is 7.93. The predicted octanol–water partition coefficient (Wildman–Crippen LogP) is 3.89. The van der Waals surface area contributed by atoms with Gasteiger partial charge in [-0.05, 0) is 43.0 Å². The molecule has 1 heterocycles. The number of H-pyrrole nitrogens is 1. The van der Waals surface area contributed by atoms with Gasteiger partial charge in [0, 0.05) is 31.4 Å². The average molecular weight is 452 g/mol. The number of hydrogen-bond donors (Lipinski definition) is 3. The molecule has 0 atom stereocenters. The first kappa shape index (κ1) is 24.0. The average Bonchev–Trinajstić information content (AvgIpc) is 3.31. The summed E-state index contributed by atoms with van der Waals surface area (Å²) in [6, 6.07) is 17.6. The van der Waals surface area contributed by atoms with E-state index >= 15 is 0 Å². The Hall–Kier alpha value is -3.68. The summed E-state index contributed by atoms with van der Waals surface area (Å²) in [6.45, 7) is 0.831. The number of hydrogen-bond acceptors (Lipinski definition) is 3. The molecule has 0 aliphatic heterocycles. The zero-order valence-electron chi connectivity index (χ0n) is 18.8. The highest BCUT2D eigenvalue weighted by Crippen LogP contribution is 2.17. The number of aromatic amines is 1. The summed E-state index contributed by atoms with van der Waals surface area (Å²) >= 11 is 0. The fourth-order valence-corrected chi connectivity index (χ4v) is 3.35. The van der Waals surface area contributed by atoms with Crippen molar-refractivity contribution < 1.29 is 14.0 Å². The maximum absolute atomic E-state index is 12.9. The highest BCUT2D eigenvalue weighted by molar-refractivity contribution is 5.83. The van der Waals surface area contributed by atoms with Crippen molar-refractivity contribution in [2.24, 2.45) is 0 Å². The van der Waals surface area contributed by atoms with Gasteiger partial charge in [0.2, 0.25) is 5.91 Å². The van der Waals surface area contributed by atoms with E-state index in [-0.39, 0.29) is 24.8 Å². The van der Waals surface area contributed by atoms with Gasteiger partial charge in [-0.2, -0.15) is 5.10 Å². The van der Waals surface area contributed by atoms with Gasteiger partial charge in [0.05, 0.1) is 12.2 Å². The van der Waals surface area contributed by atoms with E-state index in [0.29, 0.717) is 6.54 Å². The molecule has 33 heavy (non-hydrogen) atoms. The molecule has 3 aromatic rings. The lowest BCUT2D eigenvalue weighted by atomic mass is 10.1. The smallest absolute Gasteiger partial charge is 0.315 e. The monoisotopic (exact) mass is 451 g/mol. The van der Waals surface area contributed by atoms with Gasteiger partial charge >= 0.3 is 6.03 Å². The maximum atomic E-state index is 12.9. The number of urea groups is 1. The van der Waals surface area contributed by atoms with E-state index in [0.717, 1.165) is 48.2 Å². The summed E-state index contributed by atoms with van der Waals surface area (Å²) in [5.41, 5.74) is 3.93. The first-order chi connectivity index (χ1) is 16.0. The molecular weight excluding hydrogens is 421 g/mol. The zero-order chi connectivity index (χ0) is 23.5. The second-order valence-corrected chi connectivity index (χ2v) is 7.93. The Balaban J connectivity index is 1.26. The Kier molecular flexibility index (Phi) is 8.99. The number of nitrogens with zero attached hydrogens (tertiary/aromatic N) is 2. The number of benzene rings is 2. The molecule has 1 aromatic heterocycles. The molecular formula is C25H30FN5O2. The summed E-state index contributed by atoms with van der Waals surface area (Å²) in [4.78, 5) is 25.7. The summed E-state index contributed by atoms with van der Waals surface area (Å²) < 4.78 is 12.9. The van der Waals surface area contributed by atoms with E-state index in [1.54, 1.807) is 24.1 Å². The number of halogens is 1. The summed E-state index contributed by atoms with van der Waals surface area (Å²) in [7, 11) is 1.74. The van der Waals surface area contributed by atoms with Crippen molar-refractivity contribution in [1.29, 1.82) is 0 Å². The molecule has 0 saturated heterocycles. The molecule has 2 aromatic carbocycles. The molecule has 3 amide bonds.